The zero-order valence-corrected chi connectivity index (χ0v) is 33.1. The van der Waals surface area contributed by atoms with Crippen molar-refractivity contribution in [2.75, 3.05) is 21.2 Å². The van der Waals surface area contributed by atoms with Crippen LogP contribution in [0.1, 0.15) is 101 Å². The van der Waals surface area contributed by atoms with Crippen LogP contribution in [0, 0.1) is 23.7 Å². The van der Waals surface area contributed by atoms with Crippen molar-refractivity contribution < 1.29 is 58.8 Å². The minimum Gasteiger partial charge on any atom is -0.459 e. The Labute approximate surface area is 304 Å². The van der Waals surface area contributed by atoms with Crippen LogP contribution in [-0.4, -0.2) is 142 Å². The van der Waals surface area contributed by atoms with Crippen molar-refractivity contribution >= 4 is 11.7 Å². The van der Waals surface area contributed by atoms with Crippen LogP contribution in [0.3, 0.4) is 0 Å². The molecule has 0 saturated carbocycles. The van der Waals surface area contributed by atoms with Crippen LogP contribution < -0.4 is 0 Å². The lowest BCUT2D eigenvalue weighted by molar-refractivity contribution is -0.317. The number of likely N-dealkylation sites (N-methyl/N-ethyl adjacent to an activating group) is 1. The molecule has 0 aliphatic carbocycles. The fraction of sp³-hybridized carbons (Fsp3) is 0.946. The van der Waals surface area contributed by atoms with Gasteiger partial charge < -0.3 is 59.0 Å². The van der Waals surface area contributed by atoms with E-state index in [0.29, 0.717) is 18.6 Å². The molecule has 0 radical (unpaired) electrons. The monoisotopic (exact) mass is 732 g/mol. The van der Waals surface area contributed by atoms with Gasteiger partial charge in [-0.05, 0) is 81.3 Å². The highest BCUT2D eigenvalue weighted by Crippen LogP contribution is 2.40. The molecular formula is C37H68N2O12. The molecule has 3 aliphatic rings. The highest BCUT2D eigenvalue weighted by Gasteiger charge is 2.52. The summed E-state index contributed by atoms with van der Waals surface area (Å²) in [6, 6.07) is -0.291. The van der Waals surface area contributed by atoms with E-state index in [4.69, 9.17) is 28.4 Å². The van der Waals surface area contributed by atoms with Crippen LogP contribution in [0.25, 0.3) is 0 Å². The molecule has 3 heterocycles. The number of oxime groups is 1. The second-order valence-corrected chi connectivity index (χ2v) is 16.6. The van der Waals surface area contributed by atoms with E-state index in [1.165, 1.54) is 7.11 Å². The van der Waals surface area contributed by atoms with Crippen molar-refractivity contribution in [3.05, 3.63) is 0 Å². The summed E-state index contributed by atoms with van der Waals surface area (Å²) in [5.74, 6) is -3.33. The number of carbonyl (C=O) groups excluding carboxylic acids is 1. The zero-order chi connectivity index (χ0) is 38.8. The summed E-state index contributed by atoms with van der Waals surface area (Å²) in [7, 11) is 5.25. The Morgan fingerprint density at radius 3 is 2.04 bits per heavy atom. The van der Waals surface area contributed by atoms with Crippen LogP contribution in [0.15, 0.2) is 5.16 Å². The van der Waals surface area contributed by atoms with Crippen LogP contribution in [-0.2, 0) is 33.2 Å². The molecule has 3 saturated heterocycles. The number of carbonyl (C=O) groups is 1. The minimum absolute atomic E-state index is 0.0526. The lowest BCUT2D eigenvalue weighted by Crippen LogP contribution is -2.60. The molecule has 14 heteroatoms. The molecule has 0 aromatic heterocycles. The maximum atomic E-state index is 14.1. The SMILES string of the molecule is CC[C@H]1OC(=O)[C@H](C)[C@@H](O[C@H]2C[C@@](C)(OC)[C@@H](O)[C@H](C)O2)[C@H](C)[C@@H](OC2O[C@H](C)C[C@H](N(C)C)[C@H]2O)[C@@](C)(O)C[C@@H](C)/C(=N\O)C(C)C[C@]1(C)O. The average Bonchev–Trinajstić information content (AvgIpc) is 3.03. The maximum Gasteiger partial charge on any atom is 0.311 e. The molecule has 3 aliphatic heterocycles. The summed E-state index contributed by atoms with van der Waals surface area (Å²) in [4.78, 5) is 16.0. The summed E-state index contributed by atoms with van der Waals surface area (Å²) in [6.45, 7) is 17.5. The van der Waals surface area contributed by atoms with Gasteiger partial charge in [-0.3, -0.25) is 4.79 Å². The van der Waals surface area contributed by atoms with Gasteiger partial charge in [0.15, 0.2) is 12.6 Å². The Morgan fingerprint density at radius 1 is 0.922 bits per heavy atom. The van der Waals surface area contributed by atoms with E-state index in [1.54, 1.807) is 41.5 Å². The van der Waals surface area contributed by atoms with E-state index in [9.17, 15) is 30.4 Å². The molecule has 17 atom stereocenters. The first kappa shape index (κ1) is 43.9. The summed E-state index contributed by atoms with van der Waals surface area (Å²) in [5.41, 5.74) is -3.81. The van der Waals surface area contributed by atoms with Crippen molar-refractivity contribution in [2.24, 2.45) is 28.8 Å². The number of cyclic esters (lactones) is 1. The molecule has 0 amide bonds. The van der Waals surface area contributed by atoms with Crippen molar-refractivity contribution in [3.8, 4) is 0 Å². The maximum absolute atomic E-state index is 14.1. The van der Waals surface area contributed by atoms with Gasteiger partial charge in [0.05, 0.1) is 52.8 Å². The second-order valence-electron chi connectivity index (χ2n) is 16.6. The summed E-state index contributed by atoms with van der Waals surface area (Å²) in [6.07, 6.45) is -6.88. The van der Waals surface area contributed by atoms with Crippen molar-refractivity contribution in [3.63, 3.8) is 0 Å². The van der Waals surface area contributed by atoms with Gasteiger partial charge in [0, 0.05) is 37.3 Å². The standard InChI is InChI=1S/C37H68N2O12/c1-14-26-35(8,43)16-19(2)28(38-45)20(3)17-36(9,44)32(51-34-29(40)25(39(11)12)15-21(4)47-34)22(5)30(23(6)33(42)49-26)50-27-18-37(10,46-13)31(41)24(7)48-27/h19-27,29-32,34,40-41,43-45H,14-18H2,1-13H3/b38-28-/t19?,20-,21-,22+,23-,24+,25+,26-,27+,29-,30+,31+,32-,34?,35+,36+,37-/m1/s1. The third-order valence-corrected chi connectivity index (χ3v) is 11.7. The van der Waals surface area contributed by atoms with Gasteiger partial charge in [-0.25, -0.2) is 0 Å². The molecule has 5 N–H and O–H groups in total. The third-order valence-electron chi connectivity index (χ3n) is 11.7. The van der Waals surface area contributed by atoms with Crippen LogP contribution in [0.5, 0.6) is 0 Å². The molecular weight excluding hydrogens is 664 g/mol. The molecule has 0 aromatic rings. The number of methoxy groups -OCH3 is 1. The number of nitrogens with zero attached hydrogens (tertiary/aromatic N) is 2. The fourth-order valence-corrected chi connectivity index (χ4v) is 8.69. The van der Waals surface area contributed by atoms with Crippen LogP contribution >= 0.6 is 0 Å². The average molecular weight is 733 g/mol. The molecule has 51 heavy (non-hydrogen) atoms. The summed E-state index contributed by atoms with van der Waals surface area (Å²) < 4.78 is 37.4. The lowest BCUT2D eigenvalue weighted by Gasteiger charge is -2.49. The van der Waals surface area contributed by atoms with Gasteiger partial charge in [-0.15, -0.1) is 0 Å². The predicted molar refractivity (Wildman–Crippen MR) is 189 cm³/mol. The Balaban J connectivity index is 2.18. The van der Waals surface area contributed by atoms with E-state index in [2.05, 4.69) is 5.16 Å². The Kier molecular flexibility index (Phi) is 14.9. The number of aliphatic hydroxyl groups excluding tert-OH is 2. The van der Waals surface area contributed by atoms with E-state index in [0.717, 1.165) is 0 Å². The molecule has 3 fully saturated rings. The number of aliphatic hydroxyl groups is 4. The summed E-state index contributed by atoms with van der Waals surface area (Å²) in [5, 5.41) is 60.4. The third kappa shape index (κ3) is 10.00. The first-order chi connectivity index (χ1) is 23.5. The molecule has 298 valence electrons. The van der Waals surface area contributed by atoms with E-state index >= 15 is 0 Å². The van der Waals surface area contributed by atoms with Gasteiger partial charge >= 0.3 is 5.97 Å². The quantitative estimate of drug-likeness (QED) is 0.146. The van der Waals surface area contributed by atoms with Crippen LogP contribution in [0.2, 0.25) is 0 Å². The number of ether oxygens (including phenoxy) is 6. The molecule has 0 spiro atoms. The van der Waals surface area contributed by atoms with E-state index < -0.39 is 95.6 Å². The molecule has 0 bridgehead atoms. The molecule has 14 nitrogen and oxygen atoms in total. The van der Waals surface area contributed by atoms with Gasteiger partial charge in [0.2, 0.25) is 0 Å². The van der Waals surface area contributed by atoms with Crippen molar-refractivity contribution in [1.29, 1.82) is 0 Å². The van der Waals surface area contributed by atoms with Gasteiger partial charge in [0.1, 0.15) is 18.3 Å². The Hall–Kier alpha value is -1.46. The Morgan fingerprint density at radius 2 is 1.51 bits per heavy atom. The Bertz CT molecular complexity index is 1170. The number of esters is 1. The largest absolute Gasteiger partial charge is 0.459 e. The first-order valence-electron chi connectivity index (χ1n) is 18.6. The van der Waals surface area contributed by atoms with Crippen molar-refractivity contribution in [1.82, 2.24) is 4.90 Å². The van der Waals surface area contributed by atoms with Crippen LogP contribution in [0.4, 0.5) is 0 Å². The van der Waals surface area contributed by atoms with Crippen molar-refractivity contribution in [2.45, 2.75) is 179 Å². The highest BCUT2D eigenvalue weighted by molar-refractivity contribution is 5.88. The normalized spacial score (nSPS) is 49.1. The van der Waals surface area contributed by atoms with Gasteiger partial charge in [-0.2, -0.15) is 0 Å². The van der Waals surface area contributed by atoms with Gasteiger partial charge in [-0.1, -0.05) is 32.9 Å². The van der Waals surface area contributed by atoms with E-state index in [-0.39, 0.29) is 31.4 Å². The topological polar surface area (TPSA) is 189 Å². The molecule has 3 rings (SSSR count). The summed E-state index contributed by atoms with van der Waals surface area (Å²) >= 11 is 0. The predicted octanol–water partition coefficient (Wildman–Crippen LogP) is 3.08. The minimum atomic E-state index is -1.67. The number of hydrogen-bond acceptors (Lipinski definition) is 14. The van der Waals surface area contributed by atoms with Gasteiger partial charge in [0.25, 0.3) is 0 Å². The zero-order valence-electron chi connectivity index (χ0n) is 33.1. The first-order valence-corrected chi connectivity index (χ1v) is 18.6. The number of hydrogen-bond donors (Lipinski definition) is 5. The van der Waals surface area contributed by atoms with E-state index in [1.807, 2.05) is 46.7 Å². The highest BCUT2D eigenvalue weighted by atomic mass is 16.7. The number of rotatable bonds is 7. The smallest absolute Gasteiger partial charge is 0.311 e. The molecule has 2 unspecified atom stereocenters. The lowest BCUT2D eigenvalue weighted by atomic mass is 9.74. The molecule has 0 aromatic carbocycles. The fourth-order valence-electron chi connectivity index (χ4n) is 8.69. The second kappa shape index (κ2) is 17.3.